The van der Waals surface area contributed by atoms with Crippen molar-refractivity contribution in [2.75, 3.05) is 57.9 Å². The normalized spacial score (nSPS) is 15.0. The van der Waals surface area contributed by atoms with Crippen molar-refractivity contribution in [3.05, 3.63) is 48.0 Å². The second-order valence-electron chi connectivity index (χ2n) is 8.05. The summed E-state index contributed by atoms with van der Waals surface area (Å²) in [5, 5.41) is 0. The lowest BCUT2D eigenvalue weighted by Gasteiger charge is -2.36. The van der Waals surface area contributed by atoms with Crippen molar-refractivity contribution >= 4 is 15.7 Å². The Morgan fingerprint density at radius 3 is 2.38 bits per heavy atom. The fourth-order valence-corrected chi connectivity index (χ4v) is 4.94. The molecule has 0 bridgehead atoms. The monoisotopic (exact) mass is 461 g/mol. The number of hydrogen-bond acceptors (Lipinski definition) is 6. The summed E-state index contributed by atoms with van der Waals surface area (Å²) in [4.78, 5) is 5.04. The van der Waals surface area contributed by atoms with E-state index < -0.39 is 10.0 Å². The van der Waals surface area contributed by atoms with Gasteiger partial charge < -0.3 is 14.4 Å². The molecule has 3 rings (SSSR count). The van der Waals surface area contributed by atoms with Crippen molar-refractivity contribution in [1.29, 1.82) is 0 Å². The lowest BCUT2D eigenvalue weighted by atomic mass is 10.2. The molecule has 0 saturated carbocycles. The Kier molecular flexibility index (Phi) is 8.78. The average molecular weight is 462 g/mol. The smallest absolute Gasteiger partial charge is 0.240 e. The van der Waals surface area contributed by atoms with Gasteiger partial charge >= 0.3 is 0 Å². The van der Waals surface area contributed by atoms with Crippen molar-refractivity contribution < 1.29 is 17.9 Å². The summed E-state index contributed by atoms with van der Waals surface area (Å²) < 4.78 is 38.8. The number of piperazine rings is 1. The SMILES string of the molecule is CCCOc1ccc(S(=O)(=O)NCCCN2CCN(c3ccc(OC)cc3)CC2)cc1C. The summed E-state index contributed by atoms with van der Waals surface area (Å²) in [6.45, 7) is 9.70. The van der Waals surface area contributed by atoms with Gasteiger partial charge in [-0.15, -0.1) is 0 Å². The van der Waals surface area contributed by atoms with Gasteiger partial charge in [0.2, 0.25) is 10.0 Å². The Morgan fingerprint density at radius 2 is 1.75 bits per heavy atom. The summed E-state index contributed by atoms with van der Waals surface area (Å²) in [7, 11) is -1.84. The summed E-state index contributed by atoms with van der Waals surface area (Å²) >= 11 is 0. The summed E-state index contributed by atoms with van der Waals surface area (Å²) in [5.74, 6) is 1.60. The third-order valence-electron chi connectivity index (χ3n) is 5.67. The van der Waals surface area contributed by atoms with Gasteiger partial charge in [0.05, 0.1) is 18.6 Å². The molecule has 1 N–H and O–H groups in total. The molecule has 0 aliphatic carbocycles. The van der Waals surface area contributed by atoms with Gasteiger partial charge in [-0.3, -0.25) is 4.90 Å². The second-order valence-corrected chi connectivity index (χ2v) is 9.82. The number of methoxy groups -OCH3 is 1. The fourth-order valence-electron chi connectivity index (χ4n) is 3.78. The molecule has 7 nitrogen and oxygen atoms in total. The highest BCUT2D eigenvalue weighted by molar-refractivity contribution is 7.89. The highest BCUT2D eigenvalue weighted by atomic mass is 32.2. The zero-order valence-electron chi connectivity index (χ0n) is 19.3. The second kappa shape index (κ2) is 11.5. The predicted octanol–water partition coefficient (Wildman–Crippen LogP) is 3.28. The minimum atomic E-state index is -3.52. The van der Waals surface area contributed by atoms with Crippen LogP contribution < -0.4 is 19.1 Å². The maximum Gasteiger partial charge on any atom is 0.240 e. The quantitative estimate of drug-likeness (QED) is 0.518. The number of rotatable bonds is 11. The molecule has 0 amide bonds. The molecule has 1 aliphatic rings. The van der Waals surface area contributed by atoms with Crippen molar-refractivity contribution in [2.45, 2.75) is 31.6 Å². The number of hydrogen-bond donors (Lipinski definition) is 1. The van der Waals surface area contributed by atoms with Crippen LogP contribution in [0.5, 0.6) is 11.5 Å². The molecule has 1 aliphatic heterocycles. The molecule has 0 unspecified atom stereocenters. The molecule has 1 saturated heterocycles. The van der Waals surface area contributed by atoms with Gasteiger partial charge in [-0.2, -0.15) is 0 Å². The third-order valence-corrected chi connectivity index (χ3v) is 7.13. The van der Waals surface area contributed by atoms with Gasteiger partial charge in [-0.25, -0.2) is 13.1 Å². The molecule has 8 heteroatoms. The molecule has 2 aromatic rings. The topological polar surface area (TPSA) is 71.1 Å². The van der Waals surface area contributed by atoms with E-state index in [1.165, 1.54) is 5.69 Å². The van der Waals surface area contributed by atoms with E-state index in [1.54, 1.807) is 25.3 Å². The van der Waals surface area contributed by atoms with Crippen LogP contribution in [0, 0.1) is 6.92 Å². The largest absolute Gasteiger partial charge is 0.497 e. The Hall–Kier alpha value is -2.29. The van der Waals surface area contributed by atoms with Gasteiger partial charge in [-0.1, -0.05) is 6.92 Å². The first-order valence-corrected chi connectivity index (χ1v) is 12.8. The standard InChI is InChI=1S/C24H35N3O4S/c1-4-18-31-24-11-10-23(19-20(24)2)32(28,29)25-12-5-13-26-14-16-27(17-15-26)21-6-8-22(30-3)9-7-21/h6-11,19,25H,4-5,12-18H2,1-3H3. The van der Waals surface area contributed by atoms with E-state index in [0.717, 1.165) is 62.6 Å². The van der Waals surface area contributed by atoms with E-state index in [1.807, 2.05) is 26.0 Å². The number of sulfonamides is 1. The molecular weight excluding hydrogens is 426 g/mol. The number of benzene rings is 2. The Bertz CT molecular complexity index is 956. The number of ether oxygens (including phenoxy) is 2. The molecule has 0 radical (unpaired) electrons. The van der Waals surface area contributed by atoms with Gasteiger partial charge in [0.15, 0.2) is 0 Å². The molecule has 0 aromatic heterocycles. The minimum Gasteiger partial charge on any atom is -0.497 e. The maximum absolute atomic E-state index is 12.6. The summed E-state index contributed by atoms with van der Waals surface area (Å²) in [6.07, 6.45) is 1.69. The Balaban J connectivity index is 1.40. The van der Waals surface area contributed by atoms with Crippen LogP contribution in [0.25, 0.3) is 0 Å². The highest BCUT2D eigenvalue weighted by Crippen LogP contribution is 2.22. The summed E-state index contributed by atoms with van der Waals surface area (Å²) in [5.41, 5.74) is 2.04. The average Bonchev–Trinajstić information content (AvgIpc) is 2.81. The van der Waals surface area contributed by atoms with E-state index in [0.29, 0.717) is 13.2 Å². The van der Waals surface area contributed by atoms with Crippen molar-refractivity contribution in [3.8, 4) is 11.5 Å². The molecule has 2 aromatic carbocycles. The van der Waals surface area contributed by atoms with Crippen LogP contribution in [-0.4, -0.2) is 66.3 Å². The first-order valence-electron chi connectivity index (χ1n) is 11.3. The molecule has 0 atom stereocenters. The number of nitrogens with zero attached hydrogens (tertiary/aromatic N) is 2. The van der Waals surface area contributed by atoms with Crippen molar-refractivity contribution in [1.82, 2.24) is 9.62 Å². The highest BCUT2D eigenvalue weighted by Gasteiger charge is 2.18. The first kappa shape index (κ1) is 24.4. The molecule has 1 heterocycles. The van der Waals surface area contributed by atoms with Crippen LogP contribution >= 0.6 is 0 Å². The van der Waals surface area contributed by atoms with E-state index in [2.05, 4.69) is 26.7 Å². The minimum absolute atomic E-state index is 0.284. The van der Waals surface area contributed by atoms with Crippen molar-refractivity contribution in [3.63, 3.8) is 0 Å². The van der Waals surface area contributed by atoms with E-state index in [4.69, 9.17) is 9.47 Å². The van der Waals surface area contributed by atoms with E-state index in [9.17, 15) is 8.42 Å². The first-order chi connectivity index (χ1) is 15.4. The van der Waals surface area contributed by atoms with Crippen LogP contribution in [0.4, 0.5) is 5.69 Å². The van der Waals surface area contributed by atoms with Crippen LogP contribution in [0.15, 0.2) is 47.4 Å². The number of anilines is 1. The van der Waals surface area contributed by atoms with E-state index >= 15 is 0 Å². The van der Waals surface area contributed by atoms with Crippen molar-refractivity contribution in [2.24, 2.45) is 0 Å². The molecule has 32 heavy (non-hydrogen) atoms. The summed E-state index contributed by atoms with van der Waals surface area (Å²) in [6, 6.07) is 13.2. The number of aryl methyl sites for hydroxylation is 1. The maximum atomic E-state index is 12.6. The number of nitrogens with one attached hydrogen (secondary N) is 1. The van der Waals surface area contributed by atoms with Gasteiger partial charge in [-0.05, 0) is 74.3 Å². The van der Waals surface area contributed by atoms with Gasteiger partial charge in [0.25, 0.3) is 0 Å². The zero-order valence-corrected chi connectivity index (χ0v) is 20.2. The molecule has 176 valence electrons. The van der Waals surface area contributed by atoms with Gasteiger partial charge in [0, 0.05) is 38.4 Å². The van der Waals surface area contributed by atoms with Crippen LogP contribution in [-0.2, 0) is 10.0 Å². The molecular formula is C24H35N3O4S. The fraction of sp³-hybridized carbons (Fsp3) is 0.500. The molecule has 0 spiro atoms. The van der Waals surface area contributed by atoms with Gasteiger partial charge in [0.1, 0.15) is 11.5 Å². The van der Waals surface area contributed by atoms with E-state index in [-0.39, 0.29) is 4.90 Å². The van der Waals surface area contributed by atoms with Crippen LogP contribution in [0.2, 0.25) is 0 Å². The lowest BCUT2D eigenvalue weighted by Crippen LogP contribution is -2.47. The Labute approximate surface area is 192 Å². The van der Waals surface area contributed by atoms with Crippen LogP contribution in [0.3, 0.4) is 0 Å². The zero-order chi connectivity index (χ0) is 23.0. The van der Waals surface area contributed by atoms with Crippen LogP contribution in [0.1, 0.15) is 25.3 Å². The predicted molar refractivity (Wildman–Crippen MR) is 128 cm³/mol. The lowest BCUT2D eigenvalue weighted by molar-refractivity contribution is 0.255. The third kappa shape index (κ3) is 6.60. The molecule has 1 fully saturated rings. The Morgan fingerprint density at radius 1 is 1.03 bits per heavy atom.